The molecule has 0 spiro atoms. The molecule has 2 N–H and O–H groups in total. The fourth-order valence-electron chi connectivity index (χ4n) is 1.32. The van der Waals surface area contributed by atoms with Crippen molar-refractivity contribution in [3.63, 3.8) is 0 Å². The number of rotatable bonds is 3. The molecular formula is C11H13N5OS. The largest absolute Gasteiger partial charge is 0.326 e. The quantitative estimate of drug-likeness (QED) is 0.833. The minimum atomic E-state index is -0.363. The number of thioether (sulfide) groups is 1. The first-order valence-corrected chi connectivity index (χ1v) is 6.47. The van der Waals surface area contributed by atoms with Gasteiger partial charge in [-0.3, -0.25) is 15.3 Å². The third-order valence-corrected chi connectivity index (χ3v) is 2.88. The lowest BCUT2D eigenvalue weighted by Gasteiger charge is -2.05. The molecule has 2 rings (SSSR count). The highest BCUT2D eigenvalue weighted by atomic mass is 32.2. The van der Waals surface area contributed by atoms with Crippen LogP contribution < -0.4 is 10.6 Å². The summed E-state index contributed by atoms with van der Waals surface area (Å²) in [6.07, 6.45) is 5.43. The van der Waals surface area contributed by atoms with Crippen molar-refractivity contribution < 1.29 is 4.79 Å². The normalized spacial score (nSPS) is 10.1. The zero-order valence-electron chi connectivity index (χ0n) is 10.0. The molecule has 0 fully saturated rings. The number of nitrogens with one attached hydrogen (secondary N) is 2. The van der Waals surface area contributed by atoms with E-state index in [0.29, 0.717) is 11.6 Å². The molecule has 0 aliphatic heterocycles. The summed E-state index contributed by atoms with van der Waals surface area (Å²) in [6, 6.07) is 5.00. The first-order valence-electron chi connectivity index (χ1n) is 5.25. The highest BCUT2D eigenvalue weighted by Gasteiger charge is 2.05. The van der Waals surface area contributed by atoms with Crippen molar-refractivity contribution in [3.05, 3.63) is 30.6 Å². The second kappa shape index (κ2) is 5.54. The maximum Gasteiger partial charge on any atom is 0.326 e. The Morgan fingerprint density at radius 3 is 2.61 bits per heavy atom. The SMILES string of the molecule is CSc1ccc(NC(=O)Nc2ccn(C)n2)nc1. The fraction of sp³-hybridized carbons (Fsp3) is 0.182. The number of hydrogen-bond donors (Lipinski definition) is 2. The van der Waals surface area contributed by atoms with E-state index in [-0.39, 0.29) is 6.03 Å². The number of aromatic nitrogens is 3. The molecule has 7 heteroatoms. The van der Waals surface area contributed by atoms with E-state index in [2.05, 4.69) is 20.7 Å². The van der Waals surface area contributed by atoms with E-state index in [0.717, 1.165) is 4.90 Å². The summed E-state index contributed by atoms with van der Waals surface area (Å²) < 4.78 is 1.61. The van der Waals surface area contributed by atoms with Gasteiger partial charge >= 0.3 is 6.03 Å². The highest BCUT2D eigenvalue weighted by molar-refractivity contribution is 7.98. The maximum atomic E-state index is 11.6. The molecule has 2 heterocycles. The Kier molecular flexibility index (Phi) is 3.83. The first-order chi connectivity index (χ1) is 8.67. The molecule has 94 valence electrons. The van der Waals surface area contributed by atoms with Crippen LogP contribution >= 0.6 is 11.8 Å². The van der Waals surface area contributed by atoms with Gasteiger partial charge in [0.15, 0.2) is 5.82 Å². The van der Waals surface area contributed by atoms with E-state index < -0.39 is 0 Å². The number of carbonyl (C=O) groups is 1. The van der Waals surface area contributed by atoms with E-state index >= 15 is 0 Å². The van der Waals surface area contributed by atoms with Crippen LogP contribution in [0.3, 0.4) is 0 Å². The summed E-state index contributed by atoms with van der Waals surface area (Å²) in [5.74, 6) is 0.997. The van der Waals surface area contributed by atoms with Crippen LogP contribution in [0.1, 0.15) is 0 Å². The molecule has 0 aliphatic rings. The van der Waals surface area contributed by atoms with Crippen LogP contribution in [0.5, 0.6) is 0 Å². The van der Waals surface area contributed by atoms with Crippen molar-refractivity contribution in [2.75, 3.05) is 16.9 Å². The molecule has 0 aromatic carbocycles. The van der Waals surface area contributed by atoms with Crippen LogP contribution in [0, 0.1) is 0 Å². The van der Waals surface area contributed by atoms with Gasteiger partial charge in [-0.2, -0.15) is 5.10 Å². The smallest absolute Gasteiger partial charge is 0.292 e. The number of amides is 2. The third kappa shape index (κ3) is 3.24. The molecular weight excluding hydrogens is 250 g/mol. The standard InChI is InChI=1S/C11H13N5OS/c1-16-6-5-10(15-16)14-11(17)13-9-4-3-8(18-2)7-12-9/h3-7H,1-2H3,(H2,12,13,14,15,17). The molecule has 18 heavy (non-hydrogen) atoms. The number of aryl methyl sites for hydroxylation is 1. The summed E-state index contributed by atoms with van der Waals surface area (Å²) in [4.78, 5) is 16.8. The van der Waals surface area contributed by atoms with Crippen molar-refractivity contribution in [1.82, 2.24) is 14.8 Å². The second-order valence-corrected chi connectivity index (χ2v) is 4.42. The van der Waals surface area contributed by atoms with E-state index in [1.807, 2.05) is 12.3 Å². The van der Waals surface area contributed by atoms with Gasteiger partial charge in [0, 0.05) is 30.4 Å². The van der Waals surface area contributed by atoms with Gasteiger partial charge in [0.1, 0.15) is 5.82 Å². The van der Waals surface area contributed by atoms with Crippen LogP contribution in [-0.4, -0.2) is 27.1 Å². The van der Waals surface area contributed by atoms with Crippen molar-refractivity contribution in [2.24, 2.45) is 7.05 Å². The summed E-state index contributed by atoms with van der Waals surface area (Å²) in [6.45, 7) is 0. The number of pyridine rings is 1. The Morgan fingerprint density at radius 2 is 2.06 bits per heavy atom. The van der Waals surface area contributed by atoms with Gasteiger partial charge in [0.2, 0.25) is 0 Å². The zero-order valence-corrected chi connectivity index (χ0v) is 10.9. The van der Waals surface area contributed by atoms with E-state index in [1.54, 1.807) is 48.0 Å². The van der Waals surface area contributed by atoms with E-state index in [9.17, 15) is 4.79 Å². The average molecular weight is 263 g/mol. The molecule has 0 saturated carbocycles. The number of anilines is 2. The first kappa shape index (κ1) is 12.4. The van der Waals surface area contributed by atoms with Crippen molar-refractivity contribution in [1.29, 1.82) is 0 Å². The lowest BCUT2D eigenvalue weighted by Crippen LogP contribution is -2.20. The predicted octanol–water partition coefficient (Wildman–Crippen LogP) is 2.18. The molecule has 0 atom stereocenters. The topological polar surface area (TPSA) is 71.8 Å². The van der Waals surface area contributed by atoms with Gasteiger partial charge in [-0.25, -0.2) is 9.78 Å². The summed E-state index contributed by atoms with van der Waals surface area (Å²) in [5, 5.41) is 9.28. The second-order valence-electron chi connectivity index (χ2n) is 3.54. The number of hydrogen-bond acceptors (Lipinski definition) is 4. The lowest BCUT2D eigenvalue weighted by molar-refractivity contribution is 0.262. The van der Waals surface area contributed by atoms with E-state index in [1.165, 1.54) is 0 Å². The van der Waals surface area contributed by atoms with Crippen molar-refractivity contribution in [2.45, 2.75) is 4.90 Å². The lowest BCUT2D eigenvalue weighted by atomic mass is 10.4. The average Bonchev–Trinajstić information content (AvgIpc) is 2.75. The number of carbonyl (C=O) groups excluding carboxylic acids is 1. The molecule has 0 saturated heterocycles. The minimum absolute atomic E-state index is 0.363. The highest BCUT2D eigenvalue weighted by Crippen LogP contribution is 2.14. The third-order valence-electron chi connectivity index (χ3n) is 2.17. The monoisotopic (exact) mass is 263 g/mol. The Hall–Kier alpha value is -2.02. The van der Waals surface area contributed by atoms with Crippen LogP contribution in [-0.2, 0) is 7.05 Å². The van der Waals surface area contributed by atoms with Gasteiger partial charge in [-0.1, -0.05) is 0 Å². The van der Waals surface area contributed by atoms with Gasteiger partial charge in [-0.05, 0) is 18.4 Å². The molecule has 2 aromatic heterocycles. The minimum Gasteiger partial charge on any atom is -0.292 e. The van der Waals surface area contributed by atoms with Crippen molar-refractivity contribution >= 4 is 29.4 Å². The molecule has 0 unspecified atom stereocenters. The Bertz CT molecular complexity index is 537. The Morgan fingerprint density at radius 1 is 1.28 bits per heavy atom. The molecule has 6 nitrogen and oxygen atoms in total. The Labute approximate surface area is 109 Å². The molecule has 2 aromatic rings. The summed E-state index contributed by atoms with van der Waals surface area (Å²) in [5.41, 5.74) is 0. The van der Waals surface area contributed by atoms with Gasteiger partial charge in [0.05, 0.1) is 0 Å². The summed E-state index contributed by atoms with van der Waals surface area (Å²) >= 11 is 1.60. The van der Waals surface area contributed by atoms with Crippen LogP contribution in [0.15, 0.2) is 35.5 Å². The fourth-order valence-corrected chi connectivity index (χ4v) is 1.68. The van der Waals surface area contributed by atoms with Crippen LogP contribution in [0.25, 0.3) is 0 Å². The van der Waals surface area contributed by atoms with Crippen LogP contribution in [0.4, 0.5) is 16.4 Å². The van der Waals surface area contributed by atoms with Gasteiger partial charge in [-0.15, -0.1) is 11.8 Å². The zero-order chi connectivity index (χ0) is 13.0. The number of nitrogens with zero attached hydrogens (tertiary/aromatic N) is 3. The molecule has 0 radical (unpaired) electrons. The van der Waals surface area contributed by atoms with E-state index in [4.69, 9.17) is 0 Å². The van der Waals surface area contributed by atoms with Crippen LogP contribution in [0.2, 0.25) is 0 Å². The molecule has 0 bridgehead atoms. The van der Waals surface area contributed by atoms with Gasteiger partial charge < -0.3 is 0 Å². The Balaban J connectivity index is 1.94. The molecule has 2 amide bonds. The van der Waals surface area contributed by atoms with Gasteiger partial charge in [0.25, 0.3) is 0 Å². The summed E-state index contributed by atoms with van der Waals surface area (Å²) in [7, 11) is 1.78. The van der Waals surface area contributed by atoms with Crippen molar-refractivity contribution in [3.8, 4) is 0 Å². The molecule has 0 aliphatic carbocycles. The predicted molar refractivity (Wildman–Crippen MR) is 71.9 cm³/mol. The number of urea groups is 1. The maximum absolute atomic E-state index is 11.6.